The summed E-state index contributed by atoms with van der Waals surface area (Å²) in [5, 5.41) is 4.54. The van der Waals surface area contributed by atoms with Gasteiger partial charge in [-0.05, 0) is 48.5 Å². The molecular formula is C21H28Cl2N2O2. The van der Waals surface area contributed by atoms with Crippen LogP contribution >= 0.6 is 23.2 Å². The van der Waals surface area contributed by atoms with Crippen LogP contribution in [0.4, 0.5) is 0 Å². The van der Waals surface area contributed by atoms with Gasteiger partial charge in [0.2, 0.25) is 0 Å². The van der Waals surface area contributed by atoms with E-state index in [2.05, 4.69) is 30.1 Å². The van der Waals surface area contributed by atoms with Crippen LogP contribution in [0.5, 0.6) is 11.5 Å². The van der Waals surface area contributed by atoms with E-state index in [9.17, 15) is 0 Å². The zero-order valence-electron chi connectivity index (χ0n) is 16.2. The number of nitrogens with one attached hydrogen (secondary N) is 1. The summed E-state index contributed by atoms with van der Waals surface area (Å²) >= 11 is 12.0. The average molecular weight is 411 g/mol. The zero-order valence-corrected chi connectivity index (χ0v) is 17.7. The standard InChI is InChI=1S/C21H28Cl2N2O2/c1-4-25(5-2)11-10-24-14-16-7-9-20(21(13-16)26-3)27-15-17-6-8-18(22)19(23)12-17/h6-9,12-13,24H,4-5,10-11,14-15H2,1-3H3. The number of methoxy groups -OCH3 is 1. The predicted molar refractivity (Wildman–Crippen MR) is 113 cm³/mol. The number of ether oxygens (including phenoxy) is 2. The van der Waals surface area contributed by atoms with Crippen LogP contribution in [0, 0.1) is 0 Å². The van der Waals surface area contributed by atoms with Crippen molar-refractivity contribution in [1.29, 1.82) is 0 Å². The van der Waals surface area contributed by atoms with E-state index in [-0.39, 0.29) is 0 Å². The second-order valence-electron chi connectivity index (χ2n) is 6.23. The summed E-state index contributed by atoms with van der Waals surface area (Å²) in [6, 6.07) is 11.5. The topological polar surface area (TPSA) is 33.7 Å². The molecule has 1 N–H and O–H groups in total. The molecule has 0 aliphatic rings. The van der Waals surface area contributed by atoms with Crippen molar-refractivity contribution in [2.75, 3.05) is 33.3 Å². The second kappa shape index (κ2) is 11.4. The van der Waals surface area contributed by atoms with Crippen molar-refractivity contribution in [3.8, 4) is 11.5 Å². The third kappa shape index (κ3) is 6.89. The fourth-order valence-corrected chi connectivity index (χ4v) is 3.06. The summed E-state index contributed by atoms with van der Waals surface area (Å²) in [4.78, 5) is 2.40. The Morgan fingerprint density at radius 1 is 0.926 bits per heavy atom. The Kier molecular flexibility index (Phi) is 9.22. The Morgan fingerprint density at radius 2 is 1.67 bits per heavy atom. The SMILES string of the molecule is CCN(CC)CCNCc1ccc(OCc2ccc(Cl)c(Cl)c2)c(OC)c1. The molecule has 0 saturated carbocycles. The van der Waals surface area contributed by atoms with Crippen LogP contribution in [0.1, 0.15) is 25.0 Å². The van der Waals surface area contributed by atoms with Gasteiger partial charge in [-0.2, -0.15) is 0 Å². The predicted octanol–water partition coefficient (Wildman–Crippen LogP) is 5.01. The smallest absolute Gasteiger partial charge is 0.161 e. The van der Waals surface area contributed by atoms with E-state index < -0.39 is 0 Å². The highest BCUT2D eigenvalue weighted by Crippen LogP contribution is 2.29. The number of halogens is 2. The van der Waals surface area contributed by atoms with Crippen LogP contribution < -0.4 is 14.8 Å². The van der Waals surface area contributed by atoms with Gasteiger partial charge in [0, 0.05) is 19.6 Å². The van der Waals surface area contributed by atoms with Gasteiger partial charge in [-0.3, -0.25) is 0 Å². The summed E-state index contributed by atoms with van der Waals surface area (Å²) in [5.74, 6) is 1.42. The van der Waals surface area contributed by atoms with E-state index >= 15 is 0 Å². The molecule has 148 valence electrons. The number of hydrogen-bond acceptors (Lipinski definition) is 4. The van der Waals surface area contributed by atoms with Gasteiger partial charge in [0.25, 0.3) is 0 Å². The molecule has 0 fully saturated rings. The first kappa shape index (κ1) is 21.8. The number of rotatable bonds is 11. The van der Waals surface area contributed by atoms with Crippen LogP contribution in [0.15, 0.2) is 36.4 Å². The summed E-state index contributed by atoms with van der Waals surface area (Å²) in [5.41, 5.74) is 2.11. The molecule has 0 aromatic heterocycles. The highest BCUT2D eigenvalue weighted by molar-refractivity contribution is 6.42. The molecule has 0 bridgehead atoms. The van der Waals surface area contributed by atoms with E-state index in [0.717, 1.165) is 49.6 Å². The second-order valence-corrected chi connectivity index (χ2v) is 7.04. The van der Waals surface area contributed by atoms with Crippen molar-refractivity contribution in [2.24, 2.45) is 0 Å². The zero-order chi connectivity index (χ0) is 19.6. The maximum Gasteiger partial charge on any atom is 0.161 e. The molecule has 0 heterocycles. The number of hydrogen-bond donors (Lipinski definition) is 1. The molecule has 2 aromatic rings. The fourth-order valence-electron chi connectivity index (χ4n) is 2.74. The van der Waals surface area contributed by atoms with Gasteiger partial charge >= 0.3 is 0 Å². The first-order valence-electron chi connectivity index (χ1n) is 9.24. The van der Waals surface area contributed by atoms with Crippen molar-refractivity contribution in [3.05, 3.63) is 57.6 Å². The van der Waals surface area contributed by atoms with E-state index in [4.69, 9.17) is 32.7 Å². The minimum Gasteiger partial charge on any atom is -0.493 e. The lowest BCUT2D eigenvalue weighted by Crippen LogP contribution is -2.31. The lowest BCUT2D eigenvalue weighted by Gasteiger charge is -2.18. The summed E-state index contributed by atoms with van der Waals surface area (Å²) in [6.07, 6.45) is 0. The molecule has 0 aliphatic carbocycles. The minimum absolute atomic E-state index is 0.398. The first-order chi connectivity index (χ1) is 13.1. The molecule has 0 spiro atoms. The van der Waals surface area contributed by atoms with Crippen molar-refractivity contribution in [3.63, 3.8) is 0 Å². The largest absolute Gasteiger partial charge is 0.493 e. The molecular weight excluding hydrogens is 383 g/mol. The Labute approximate surface area is 172 Å². The van der Waals surface area contributed by atoms with Crippen LogP contribution in [0.25, 0.3) is 0 Å². The first-order valence-corrected chi connectivity index (χ1v) is 9.99. The summed E-state index contributed by atoms with van der Waals surface area (Å²) < 4.78 is 11.4. The highest BCUT2D eigenvalue weighted by Gasteiger charge is 2.08. The molecule has 0 radical (unpaired) electrons. The Hall–Kier alpha value is -1.46. The Morgan fingerprint density at radius 3 is 2.33 bits per heavy atom. The maximum absolute atomic E-state index is 6.05. The number of likely N-dealkylation sites (N-methyl/N-ethyl adjacent to an activating group) is 1. The van der Waals surface area contributed by atoms with E-state index in [1.807, 2.05) is 24.3 Å². The van der Waals surface area contributed by atoms with Gasteiger partial charge < -0.3 is 19.7 Å². The third-order valence-corrected chi connectivity index (χ3v) is 5.17. The van der Waals surface area contributed by atoms with Crippen molar-refractivity contribution in [2.45, 2.75) is 27.0 Å². The van der Waals surface area contributed by atoms with Crippen LogP contribution in [0.2, 0.25) is 10.0 Å². The van der Waals surface area contributed by atoms with Crippen molar-refractivity contribution < 1.29 is 9.47 Å². The maximum atomic E-state index is 6.05. The Bertz CT molecular complexity index is 721. The van der Waals surface area contributed by atoms with Crippen LogP contribution in [0.3, 0.4) is 0 Å². The molecule has 0 atom stereocenters. The van der Waals surface area contributed by atoms with E-state index in [1.54, 1.807) is 13.2 Å². The van der Waals surface area contributed by atoms with Gasteiger partial charge in [-0.1, -0.05) is 49.2 Å². The van der Waals surface area contributed by atoms with Gasteiger partial charge in [-0.25, -0.2) is 0 Å². The van der Waals surface area contributed by atoms with Crippen molar-refractivity contribution >= 4 is 23.2 Å². The normalized spacial score (nSPS) is 11.0. The van der Waals surface area contributed by atoms with Gasteiger partial charge in [0.15, 0.2) is 11.5 Å². The molecule has 2 aromatic carbocycles. The van der Waals surface area contributed by atoms with Crippen LogP contribution in [-0.4, -0.2) is 38.2 Å². The van der Waals surface area contributed by atoms with Gasteiger partial charge in [0.1, 0.15) is 6.61 Å². The number of benzene rings is 2. The lowest BCUT2D eigenvalue weighted by molar-refractivity contribution is 0.284. The molecule has 0 saturated heterocycles. The van der Waals surface area contributed by atoms with Crippen molar-refractivity contribution in [1.82, 2.24) is 10.2 Å². The molecule has 6 heteroatoms. The van der Waals surface area contributed by atoms with Gasteiger partial charge in [0.05, 0.1) is 17.2 Å². The van der Waals surface area contributed by atoms with Gasteiger partial charge in [-0.15, -0.1) is 0 Å². The average Bonchev–Trinajstić information content (AvgIpc) is 2.69. The lowest BCUT2D eigenvalue weighted by atomic mass is 10.2. The molecule has 0 aliphatic heterocycles. The number of nitrogens with zero attached hydrogens (tertiary/aromatic N) is 1. The summed E-state index contributed by atoms with van der Waals surface area (Å²) in [7, 11) is 1.65. The van der Waals surface area contributed by atoms with E-state index in [0.29, 0.717) is 22.4 Å². The quantitative estimate of drug-likeness (QED) is 0.527. The highest BCUT2D eigenvalue weighted by atomic mass is 35.5. The monoisotopic (exact) mass is 410 g/mol. The fraction of sp³-hybridized carbons (Fsp3) is 0.429. The van der Waals surface area contributed by atoms with E-state index in [1.165, 1.54) is 0 Å². The molecule has 4 nitrogen and oxygen atoms in total. The molecule has 0 amide bonds. The molecule has 0 unspecified atom stereocenters. The summed E-state index contributed by atoms with van der Waals surface area (Å²) in [6.45, 7) is 9.73. The molecule has 2 rings (SSSR count). The minimum atomic E-state index is 0.398. The Balaban J connectivity index is 1.90. The van der Waals surface area contributed by atoms with Crippen LogP contribution in [-0.2, 0) is 13.2 Å². The molecule has 27 heavy (non-hydrogen) atoms. The third-order valence-electron chi connectivity index (χ3n) is 4.43.